The molecule has 0 bridgehead atoms. The van der Waals surface area contributed by atoms with Crippen LogP contribution in [0.25, 0.3) is 0 Å². The van der Waals surface area contributed by atoms with E-state index in [4.69, 9.17) is 5.11 Å². The Bertz CT molecular complexity index is 457. The number of aliphatic carboxylic acids is 1. The zero-order valence-electron chi connectivity index (χ0n) is 11.5. The third-order valence-corrected chi connectivity index (χ3v) is 4.17. The minimum Gasteiger partial charge on any atom is -0.481 e. The lowest BCUT2D eigenvalue weighted by Gasteiger charge is -2.24. The van der Waals surface area contributed by atoms with Crippen molar-refractivity contribution >= 4 is 23.3 Å². The van der Waals surface area contributed by atoms with E-state index in [-0.39, 0.29) is 31.1 Å². The average molecular weight is 296 g/mol. The van der Waals surface area contributed by atoms with Crippen molar-refractivity contribution in [3.05, 3.63) is 22.4 Å². The monoisotopic (exact) mass is 296 g/mol. The van der Waals surface area contributed by atoms with Gasteiger partial charge in [0.2, 0.25) is 0 Å². The van der Waals surface area contributed by atoms with E-state index in [0.717, 1.165) is 19.3 Å². The Hall–Kier alpha value is -1.56. The van der Waals surface area contributed by atoms with Gasteiger partial charge in [-0.1, -0.05) is 6.07 Å². The number of rotatable bonds is 7. The summed E-state index contributed by atoms with van der Waals surface area (Å²) in [5.74, 6) is -0.866. The van der Waals surface area contributed by atoms with Gasteiger partial charge >= 0.3 is 12.0 Å². The maximum absolute atomic E-state index is 12.2. The van der Waals surface area contributed by atoms with Crippen molar-refractivity contribution in [2.75, 3.05) is 6.54 Å². The van der Waals surface area contributed by atoms with Crippen molar-refractivity contribution < 1.29 is 14.7 Å². The van der Waals surface area contributed by atoms with Crippen molar-refractivity contribution in [1.82, 2.24) is 10.2 Å². The van der Waals surface area contributed by atoms with Crippen LogP contribution in [0.4, 0.5) is 4.79 Å². The van der Waals surface area contributed by atoms with E-state index in [1.54, 1.807) is 16.2 Å². The summed E-state index contributed by atoms with van der Waals surface area (Å²) in [5, 5.41) is 13.7. The van der Waals surface area contributed by atoms with Crippen LogP contribution in [-0.2, 0) is 11.2 Å². The van der Waals surface area contributed by atoms with E-state index < -0.39 is 5.97 Å². The molecule has 5 nitrogen and oxygen atoms in total. The lowest BCUT2D eigenvalue weighted by Crippen LogP contribution is -2.46. The zero-order valence-corrected chi connectivity index (χ0v) is 12.4. The van der Waals surface area contributed by atoms with E-state index in [9.17, 15) is 9.59 Å². The molecule has 6 heteroatoms. The standard InChI is InChI=1S/C14H20N2O3S/c1-10(9-12-3-2-8-20-12)15-14(19)16(11-4-5-11)7-6-13(17)18/h2-3,8,10-11H,4-7,9H2,1H3,(H,15,19)(H,17,18). The van der Waals surface area contributed by atoms with Crippen LogP contribution in [0, 0.1) is 0 Å². The lowest BCUT2D eigenvalue weighted by atomic mass is 10.2. The molecule has 1 saturated carbocycles. The van der Waals surface area contributed by atoms with Crippen molar-refractivity contribution in [2.24, 2.45) is 0 Å². The Morgan fingerprint density at radius 2 is 2.30 bits per heavy atom. The summed E-state index contributed by atoms with van der Waals surface area (Å²) in [4.78, 5) is 25.8. The Morgan fingerprint density at radius 1 is 1.55 bits per heavy atom. The van der Waals surface area contributed by atoms with Crippen LogP contribution in [0.1, 0.15) is 31.1 Å². The van der Waals surface area contributed by atoms with Gasteiger partial charge in [-0.25, -0.2) is 4.79 Å². The largest absolute Gasteiger partial charge is 0.481 e. The summed E-state index contributed by atoms with van der Waals surface area (Å²) >= 11 is 1.68. The van der Waals surface area contributed by atoms with E-state index in [1.165, 1.54) is 4.88 Å². The van der Waals surface area contributed by atoms with Crippen LogP contribution in [0.2, 0.25) is 0 Å². The van der Waals surface area contributed by atoms with Crippen LogP contribution in [0.3, 0.4) is 0 Å². The lowest BCUT2D eigenvalue weighted by molar-refractivity contribution is -0.137. The highest BCUT2D eigenvalue weighted by atomic mass is 32.1. The molecule has 1 fully saturated rings. The van der Waals surface area contributed by atoms with Crippen LogP contribution < -0.4 is 5.32 Å². The minimum atomic E-state index is -0.866. The molecular formula is C14H20N2O3S. The Kier molecular flexibility index (Phi) is 5.00. The fraction of sp³-hybridized carbons (Fsp3) is 0.571. The van der Waals surface area contributed by atoms with Gasteiger partial charge in [0, 0.05) is 29.9 Å². The summed E-state index contributed by atoms with van der Waals surface area (Å²) in [6.07, 6.45) is 2.77. The number of carbonyl (C=O) groups excluding carboxylic acids is 1. The summed E-state index contributed by atoms with van der Waals surface area (Å²) in [7, 11) is 0. The number of thiophene rings is 1. The van der Waals surface area contributed by atoms with Gasteiger partial charge in [-0.3, -0.25) is 4.79 Å². The number of carbonyl (C=O) groups is 2. The molecule has 1 aliphatic rings. The number of hydrogen-bond donors (Lipinski definition) is 2. The molecule has 0 spiro atoms. The topological polar surface area (TPSA) is 69.6 Å². The SMILES string of the molecule is CC(Cc1cccs1)NC(=O)N(CCC(=O)O)C1CC1. The molecule has 0 radical (unpaired) electrons. The number of carboxylic acid groups (broad SMARTS) is 1. The number of nitrogens with one attached hydrogen (secondary N) is 1. The van der Waals surface area contributed by atoms with Gasteiger partial charge in [-0.2, -0.15) is 0 Å². The van der Waals surface area contributed by atoms with Crippen molar-refractivity contribution in [3.63, 3.8) is 0 Å². The highest BCUT2D eigenvalue weighted by molar-refractivity contribution is 7.09. The molecule has 1 atom stereocenters. The van der Waals surface area contributed by atoms with Crippen LogP contribution in [0.15, 0.2) is 17.5 Å². The second-order valence-electron chi connectivity index (χ2n) is 5.20. The first-order chi connectivity index (χ1) is 9.56. The van der Waals surface area contributed by atoms with Gasteiger partial charge < -0.3 is 15.3 Å². The maximum atomic E-state index is 12.2. The highest BCUT2D eigenvalue weighted by Gasteiger charge is 2.33. The van der Waals surface area contributed by atoms with E-state index in [0.29, 0.717) is 0 Å². The second kappa shape index (κ2) is 6.74. The Balaban J connectivity index is 1.82. The minimum absolute atomic E-state index is 0.00320. The third kappa shape index (κ3) is 4.52. The molecule has 0 aromatic carbocycles. The van der Waals surface area contributed by atoms with Crippen molar-refractivity contribution in [2.45, 2.75) is 44.7 Å². The molecule has 1 heterocycles. The predicted octanol–water partition coefficient (Wildman–Crippen LogP) is 2.33. The molecule has 0 saturated heterocycles. The third-order valence-electron chi connectivity index (χ3n) is 3.27. The van der Waals surface area contributed by atoms with Crippen LogP contribution in [0.5, 0.6) is 0 Å². The van der Waals surface area contributed by atoms with Gasteiger partial charge in [0.1, 0.15) is 0 Å². The molecular weight excluding hydrogens is 276 g/mol. The first kappa shape index (κ1) is 14.8. The predicted molar refractivity (Wildman–Crippen MR) is 78.0 cm³/mol. The number of amides is 2. The second-order valence-corrected chi connectivity index (χ2v) is 6.23. The van der Waals surface area contributed by atoms with E-state index >= 15 is 0 Å². The Labute approximate surface area is 122 Å². The average Bonchev–Trinajstić information content (AvgIpc) is 3.07. The van der Waals surface area contributed by atoms with Crippen LogP contribution >= 0.6 is 11.3 Å². The van der Waals surface area contributed by atoms with Crippen molar-refractivity contribution in [1.29, 1.82) is 0 Å². The molecule has 20 heavy (non-hydrogen) atoms. The summed E-state index contributed by atoms with van der Waals surface area (Å²) in [6.45, 7) is 2.26. The van der Waals surface area contributed by atoms with E-state index in [1.807, 2.05) is 18.4 Å². The molecule has 1 unspecified atom stereocenters. The van der Waals surface area contributed by atoms with Gasteiger partial charge in [0.25, 0.3) is 0 Å². The normalized spacial score (nSPS) is 15.7. The summed E-state index contributed by atoms with van der Waals surface area (Å²) in [6, 6.07) is 4.18. The molecule has 2 amide bonds. The maximum Gasteiger partial charge on any atom is 0.317 e. The van der Waals surface area contributed by atoms with Gasteiger partial charge in [-0.15, -0.1) is 11.3 Å². The quantitative estimate of drug-likeness (QED) is 0.811. The first-order valence-electron chi connectivity index (χ1n) is 6.87. The smallest absolute Gasteiger partial charge is 0.317 e. The number of hydrogen-bond acceptors (Lipinski definition) is 3. The fourth-order valence-corrected chi connectivity index (χ4v) is 2.96. The summed E-state index contributed by atoms with van der Waals surface area (Å²) in [5.41, 5.74) is 0. The molecule has 110 valence electrons. The van der Waals surface area contributed by atoms with E-state index in [2.05, 4.69) is 11.4 Å². The Morgan fingerprint density at radius 3 is 2.85 bits per heavy atom. The molecule has 1 aromatic heterocycles. The number of carboxylic acids is 1. The number of nitrogens with zero attached hydrogens (tertiary/aromatic N) is 1. The van der Waals surface area contributed by atoms with Gasteiger partial charge in [0.15, 0.2) is 0 Å². The fourth-order valence-electron chi connectivity index (χ4n) is 2.13. The molecule has 2 N–H and O–H groups in total. The molecule has 0 aliphatic heterocycles. The molecule has 1 aliphatic carbocycles. The molecule has 2 rings (SSSR count). The van der Waals surface area contributed by atoms with Gasteiger partial charge in [0.05, 0.1) is 6.42 Å². The van der Waals surface area contributed by atoms with Gasteiger partial charge in [-0.05, 0) is 31.2 Å². The highest BCUT2D eigenvalue weighted by Crippen LogP contribution is 2.27. The zero-order chi connectivity index (χ0) is 14.5. The molecule has 1 aromatic rings. The van der Waals surface area contributed by atoms with Crippen LogP contribution in [-0.4, -0.2) is 40.6 Å². The first-order valence-corrected chi connectivity index (χ1v) is 7.75. The van der Waals surface area contributed by atoms with Crippen molar-refractivity contribution in [3.8, 4) is 0 Å². The summed E-state index contributed by atoms with van der Waals surface area (Å²) < 4.78 is 0. The number of urea groups is 1.